The highest BCUT2D eigenvalue weighted by molar-refractivity contribution is 5.21. The van der Waals surface area contributed by atoms with Crippen LogP contribution in [0.5, 0.6) is 0 Å². The molecule has 2 nitrogen and oxygen atoms in total. The molecule has 0 fully saturated rings. The molecule has 0 heterocycles. The van der Waals surface area contributed by atoms with E-state index in [2.05, 4.69) is 23.9 Å². The van der Waals surface area contributed by atoms with Gasteiger partial charge in [0.15, 0.2) is 0 Å². The van der Waals surface area contributed by atoms with Crippen LogP contribution in [0.25, 0.3) is 0 Å². The van der Waals surface area contributed by atoms with Gasteiger partial charge in [-0.2, -0.15) is 13.2 Å². The second-order valence-corrected chi connectivity index (χ2v) is 4.46. The van der Waals surface area contributed by atoms with E-state index in [1.807, 2.05) is 12.1 Å². The lowest BCUT2D eigenvalue weighted by Gasteiger charge is -2.10. The van der Waals surface area contributed by atoms with Gasteiger partial charge in [-0.15, -0.1) is 0 Å². The molecule has 1 N–H and O–H groups in total. The molecule has 18 heavy (non-hydrogen) atoms. The Morgan fingerprint density at radius 1 is 1.11 bits per heavy atom. The maximum Gasteiger partial charge on any atom is 0.411 e. The maximum atomic E-state index is 11.9. The van der Waals surface area contributed by atoms with E-state index in [-0.39, 0.29) is 6.61 Å². The van der Waals surface area contributed by atoms with Gasteiger partial charge in [0.1, 0.15) is 6.61 Å². The minimum Gasteiger partial charge on any atom is -0.367 e. The van der Waals surface area contributed by atoms with Crippen molar-refractivity contribution in [1.29, 1.82) is 0 Å². The third-order valence-corrected chi connectivity index (χ3v) is 2.27. The van der Waals surface area contributed by atoms with E-state index < -0.39 is 12.8 Å². The minimum absolute atomic E-state index is 0.0165. The molecule has 0 aliphatic carbocycles. The number of nitrogens with one attached hydrogen (secondary N) is 1. The number of rotatable bonds is 6. The molecule has 0 aliphatic rings. The van der Waals surface area contributed by atoms with Crippen LogP contribution in [0.2, 0.25) is 0 Å². The number of hydrogen-bond donors (Lipinski definition) is 1. The first kappa shape index (κ1) is 15.0. The van der Waals surface area contributed by atoms with Crippen LogP contribution in [-0.2, 0) is 17.9 Å². The molecule has 0 spiro atoms. The fourth-order valence-electron chi connectivity index (χ4n) is 1.36. The van der Waals surface area contributed by atoms with Crippen LogP contribution in [0.4, 0.5) is 13.2 Å². The molecule has 0 aliphatic heterocycles. The summed E-state index contributed by atoms with van der Waals surface area (Å²) in [6.07, 6.45) is -4.26. The standard InChI is InChI=1S/C13H18F3NO/c1-10(2)17-7-11-3-5-12(6-4-11)8-18-9-13(14,15)16/h3-6,10,17H,7-9H2,1-2H3. The third-order valence-electron chi connectivity index (χ3n) is 2.27. The molecule has 0 bridgehead atoms. The Kier molecular flexibility index (Phi) is 5.62. The van der Waals surface area contributed by atoms with E-state index >= 15 is 0 Å². The van der Waals surface area contributed by atoms with Crippen molar-refractivity contribution in [2.24, 2.45) is 0 Å². The molecule has 1 rings (SSSR count). The summed E-state index contributed by atoms with van der Waals surface area (Å²) in [6.45, 7) is 3.64. The van der Waals surface area contributed by atoms with Crippen LogP contribution >= 0.6 is 0 Å². The molecule has 0 saturated heterocycles. The Morgan fingerprint density at radius 3 is 2.17 bits per heavy atom. The molecule has 0 unspecified atom stereocenters. The summed E-state index contributed by atoms with van der Waals surface area (Å²) in [6, 6.07) is 7.75. The molecule has 0 amide bonds. The number of hydrogen-bond acceptors (Lipinski definition) is 2. The summed E-state index contributed by atoms with van der Waals surface area (Å²) in [5.41, 5.74) is 1.84. The smallest absolute Gasteiger partial charge is 0.367 e. The summed E-state index contributed by atoms with van der Waals surface area (Å²) in [5, 5.41) is 3.26. The molecule has 0 atom stereocenters. The Hall–Kier alpha value is -1.07. The lowest BCUT2D eigenvalue weighted by molar-refractivity contribution is -0.176. The molecule has 102 valence electrons. The average molecular weight is 261 g/mol. The molecule has 1 aromatic carbocycles. The van der Waals surface area contributed by atoms with Gasteiger partial charge in [0.2, 0.25) is 0 Å². The largest absolute Gasteiger partial charge is 0.411 e. The highest BCUT2D eigenvalue weighted by Crippen LogP contribution is 2.15. The van der Waals surface area contributed by atoms with Crippen molar-refractivity contribution in [2.75, 3.05) is 6.61 Å². The van der Waals surface area contributed by atoms with Gasteiger partial charge in [0.25, 0.3) is 0 Å². The topological polar surface area (TPSA) is 21.3 Å². The van der Waals surface area contributed by atoms with Crippen LogP contribution in [0.3, 0.4) is 0 Å². The van der Waals surface area contributed by atoms with Crippen LogP contribution in [0.1, 0.15) is 25.0 Å². The zero-order valence-electron chi connectivity index (χ0n) is 10.6. The van der Waals surface area contributed by atoms with Gasteiger partial charge in [-0.05, 0) is 11.1 Å². The summed E-state index contributed by atoms with van der Waals surface area (Å²) in [4.78, 5) is 0. The fraction of sp³-hybridized carbons (Fsp3) is 0.538. The Labute approximate surface area is 105 Å². The first-order valence-electron chi connectivity index (χ1n) is 5.82. The molecule has 0 saturated carbocycles. The number of benzene rings is 1. The summed E-state index contributed by atoms with van der Waals surface area (Å²) in [5.74, 6) is 0. The van der Waals surface area contributed by atoms with Crippen molar-refractivity contribution in [3.8, 4) is 0 Å². The van der Waals surface area contributed by atoms with E-state index in [1.54, 1.807) is 12.1 Å². The predicted molar refractivity (Wildman–Crippen MR) is 64.1 cm³/mol. The maximum absolute atomic E-state index is 11.9. The lowest BCUT2D eigenvalue weighted by atomic mass is 10.1. The van der Waals surface area contributed by atoms with Crippen molar-refractivity contribution in [3.63, 3.8) is 0 Å². The van der Waals surface area contributed by atoms with Gasteiger partial charge >= 0.3 is 6.18 Å². The van der Waals surface area contributed by atoms with E-state index in [1.165, 1.54) is 0 Å². The van der Waals surface area contributed by atoms with E-state index in [0.29, 0.717) is 6.04 Å². The highest BCUT2D eigenvalue weighted by Gasteiger charge is 2.27. The second-order valence-electron chi connectivity index (χ2n) is 4.46. The predicted octanol–water partition coefficient (Wildman–Crippen LogP) is 3.26. The molecular weight excluding hydrogens is 243 g/mol. The Bertz CT molecular complexity index is 346. The lowest BCUT2D eigenvalue weighted by Crippen LogP contribution is -2.21. The van der Waals surface area contributed by atoms with Crippen molar-refractivity contribution < 1.29 is 17.9 Å². The quantitative estimate of drug-likeness (QED) is 0.848. The highest BCUT2D eigenvalue weighted by atomic mass is 19.4. The van der Waals surface area contributed by atoms with Crippen molar-refractivity contribution in [2.45, 2.75) is 39.2 Å². The second kappa shape index (κ2) is 6.75. The summed E-state index contributed by atoms with van der Waals surface area (Å²) < 4.78 is 40.2. The minimum atomic E-state index is -4.26. The van der Waals surface area contributed by atoms with Crippen LogP contribution < -0.4 is 5.32 Å². The van der Waals surface area contributed by atoms with Crippen LogP contribution in [0, 0.1) is 0 Å². The van der Waals surface area contributed by atoms with Gasteiger partial charge in [-0.1, -0.05) is 38.1 Å². The van der Waals surface area contributed by atoms with Crippen LogP contribution in [0.15, 0.2) is 24.3 Å². The number of alkyl halides is 3. The van der Waals surface area contributed by atoms with Crippen molar-refractivity contribution in [3.05, 3.63) is 35.4 Å². The number of ether oxygens (including phenoxy) is 1. The molecular formula is C13H18F3NO. The van der Waals surface area contributed by atoms with Crippen LogP contribution in [-0.4, -0.2) is 18.8 Å². The molecule has 0 radical (unpaired) electrons. The third kappa shape index (κ3) is 6.61. The van der Waals surface area contributed by atoms with Gasteiger partial charge < -0.3 is 10.1 Å². The van der Waals surface area contributed by atoms with Gasteiger partial charge in [0.05, 0.1) is 6.61 Å². The number of halogens is 3. The van der Waals surface area contributed by atoms with E-state index in [0.717, 1.165) is 17.7 Å². The first-order valence-corrected chi connectivity index (χ1v) is 5.82. The van der Waals surface area contributed by atoms with Crippen molar-refractivity contribution >= 4 is 0 Å². The Morgan fingerprint density at radius 2 is 1.67 bits per heavy atom. The van der Waals surface area contributed by atoms with Gasteiger partial charge in [-0.3, -0.25) is 0 Å². The summed E-state index contributed by atoms with van der Waals surface area (Å²) in [7, 11) is 0. The monoisotopic (exact) mass is 261 g/mol. The zero-order chi connectivity index (χ0) is 13.6. The molecule has 1 aromatic rings. The molecule has 0 aromatic heterocycles. The normalized spacial score (nSPS) is 12.1. The SMILES string of the molecule is CC(C)NCc1ccc(COCC(F)(F)F)cc1. The molecule has 5 heteroatoms. The Balaban J connectivity index is 2.36. The van der Waals surface area contributed by atoms with Gasteiger partial charge in [0, 0.05) is 12.6 Å². The fourth-order valence-corrected chi connectivity index (χ4v) is 1.36. The van der Waals surface area contributed by atoms with Gasteiger partial charge in [-0.25, -0.2) is 0 Å². The average Bonchev–Trinajstić information content (AvgIpc) is 2.26. The summed E-state index contributed by atoms with van der Waals surface area (Å²) >= 11 is 0. The van der Waals surface area contributed by atoms with E-state index in [4.69, 9.17) is 0 Å². The first-order chi connectivity index (χ1) is 8.37. The zero-order valence-corrected chi connectivity index (χ0v) is 10.6. The van der Waals surface area contributed by atoms with Crippen molar-refractivity contribution in [1.82, 2.24) is 5.32 Å². The van der Waals surface area contributed by atoms with E-state index in [9.17, 15) is 13.2 Å².